The van der Waals surface area contributed by atoms with Crippen LogP contribution >= 0.6 is 22.7 Å². The molecule has 0 unspecified atom stereocenters. The van der Waals surface area contributed by atoms with Crippen LogP contribution in [0.2, 0.25) is 0 Å². The number of nitrogens with zero attached hydrogens (tertiary/aromatic N) is 11. The lowest BCUT2D eigenvalue weighted by atomic mass is 10.3. The molecule has 286 valence electrons. The van der Waals surface area contributed by atoms with Crippen LogP contribution in [0.15, 0.2) is 45.8 Å². The summed E-state index contributed by atoms with van der Waals surface area (Å²) >= 11 is 1.69. The fourth-order valence-electron chi connectivity index (χ4n) is 4.55. The molecule has 0 amide bonds. The van der Waals surface area contributed by atoms with Gasteiger partial charge in [-0.1, -0.05) is 0 Å². The van der Waals surface area contributed by atoms with Crippen LogP contribution in [0.3, 0.4) is 0 Å². The zero-order valence-corrected chi connectivity index (χ0v) is 30.8. The maximum absolute atomic E-state index is 14.1. The molecule has 26 heteroatoms. The Bertz CT molecular complexity index is 2440. The summed E-state index contributed by atoms with van der Waals surface area (Å²) in [6.45, 7) is 2.21. The van der Waals surface area contributed by atoms with Crippen LogP contribution in [-0.4, -0.2) is 73.7 Å². The summed E-state index contributed by atoms with van der Waals surface area (Å²) in [6, 6.07) is 3.09. The van der Waals surface area contributed by atoms with E-state index in [4.69, 9.17) is 8.83 Å². The van der Waals surface area contributed by atoms with E-state index in [1.807, 2.05) is 0 Å². The van der Waals surface area contributed by atoms with Crippen molar-refractivity contribution in [1.29, 1.82) is 0 Å². The van der Waals surface area contributed by atoms with Crippen LogP contribution in [0.1, 0.15) is 53.0 Å². The Kier molecular flexibility index (Phi) is 11.2. The van der Waals surface area contributed by atoms with Gasteiger partial charge in [0.2, 0.25) is 26.0 Å². The number of thiazole rings is 2. The van der Waals surface area contributed by atoms with E-state index in [0.717, 1.165) is 43.7 Å². The number of aromatic nitrogens is 9. The zero-order chi connectivity index (χ0) is 38.8. The summed E-state index contributed by atoms with van der Waals surface area (Å²) in [5, 5.41) is 14.1. The topological polar surface area (TPSA) is 217 Å². The van der Waals surface area contributed by atoms with Crippen molar-refractivity contribution in [3.63, 3.8) is 0 Å². The third-order valence-corrected chi connectivity index (χ3v) is 12.6. The lowest BCUT2D eigenvalue weighted by Crippen LogP contribution is -2.33. The largest absolute Gasteiger partial charge is 0.414 e. The minimum absolute atomic E-state index is 0.00990. The monoisotopic (exact) mass is 833 g/mol. The molecule has 0 spiro atoms. The minimum Gasteiger partial charge on any atom is -0.414 e. The molecule has 0 atom stereocenters. The van der Waals surface area contributed by atoms with Crippen molar-refractivity contribution in [2.24, 2.45) is 0 Å². The molecule has 0 bridgehead atoms. The molecule has 0 aliphatic heterocycles. The van der Waals surface area contributed by atoms with E-state index in [2.05, 4.69) is 45.3 Å². The Hall–Kier alpha value is -5.08. The molecule has 0 N–H and O–H groups in total. The smallest absolute Gasteiger partial charge is 0.314 e. The van der Waals surface area contributed by atoms with Gasteiger partial charge in [0.25, 0.3) is 23.6 Å². The quantitative estimate of drug-likeness (QED) is 0.115. The van der Waals surface area contributed by atoms with Gasteiger partial charge >= 0.3 is 12.9 Å². The van der Waals surface area contributed by atoms with Crippen molar-refractivity contribution < 1.29 is 47.6 Å². The molecule has 0 saturated heterocycles. The summed E-state index contributed by atoms with van der Waals surface area (Å²) in [5.41, 5.74) is 0.723. The van der Waals surface area contributed by atoms with E-state index in [1.165, 1.54) is 25.4 Å². The third-order valence-electron chi connectivity index (χ3n) is 7.16. The molecular weight excluding hydrogens is 810 g/mol. The van der Waals surface area contributed by atoms with E-state index < -0.39 is 74.4 Å². The van der Waals surface area contributed by atoms with Crippen LogP contribution in [0.5, 0.6) is 0 Å². The summed E-state index contributed by atoms with van der Waals surface area (Å²) in [7, 11) is -8.40. The molecule has 0 saturated carbocycles. The van der Waals surface area contributed by atoms with Gasteiger partial charge in [0, 0.05) is 12.1 Å². The molecule has 17 nitrogen and oxygen atoms in total. The highest BCUT2D eigenvalue weighted by Gasteiger charge is 2.30. The predicted octanol–water partition coefficient (Wildman–Crippen LogP) is 5.14. The van der Waals surface area contributed by atoms with E-state index in [9.17, 15) is 38.8 Å². The van der Waals surface area contributed by atoms with E-state index >= 15 is 0 Å². The molecule has 0 fully saturated rings. The number of aryl methyl sites for hydroxylation is 2. The second-order valence-corrected chi connectivity index (χ2v) is 17.2. The molecule has 6 aromatic heterocycles. The normalized spacial score (nSPS) is 12.2. The van der Waals surface area contributed by atoms with E-state index in [1.54, 1.807) is 13.0 Å². The summed E-state index contributed by atoms with van der Waals surface area (Å²) in [5.74, 6) is -4.82. The van der Waals surface area contributed by atoms with Gasteiger partial charge in [-0.15, -0.1) is 43.1 Å². The molecule has 0 aromatic carbocycles. The maximum atomic E-state index is 14.1. The van der Waals surface area contributed by atoms with Crippen molar-refractivity contribution in [1.82, 2.24) is 45.3 Å². The number of rotatable bonds is 16. The van der Waals surface area contributed by atoms with E-state index in [0.29, 0.717) is 5.69 Å². The van der Waals surface area contributed by atoms with Crippen LogP contribution in [0, 0.1) is 12.7 Å². The first-order valence-electron chi connectivity index (χ1n) is 15.2. The average Bonchev–Trinajstić information content (AvgIpc) is 3.96. The van der Waals surface area contributed by atoms with Crippen molar-refractivity contribution in [3.05, 3.63) is 75.9 Å². The molecule has 6 aromatic rings. The second kappa shape index (κ2) is 15.7. The van der Waals surface area contributed by atoms with Gasteiger partial charge in [0.15, 0.2) is 5.82 Å². The summed E-state index contributed by atoms with van der Waals surface area (Å²) in [4.78, 5) is 20.6. The Morgan fingerprint density at radius 2 is 1.41 bits per heavy atom. The lowest BCUT2D eigenvalue weighted by Gasteiger charge is -2.23. The van der Waals surface area contributed by atoms with Crippen LogP contribution in [0.25, 0.3) is 21.5 Å². The predicted molar refractivity (Wildman–Crippen MR) is 181 cm³/mol. The number of alkyl halides is 4. The molecule has 0 aliphatic carbocycles. The highest BCUT2D eigenvalue weighted by atomic mass is 32.2. The molecule has 6 rings (SSSR count). The SMILES string of the molecule is CCS(=O)(=O)N(Cc1nc(CCS(=O)(=O)N(Cc2ncc(-c3nnc(C(F)F)o3)s2)c2ccc(C)nc2)c(-c2nnc(C(F)F)o2)s1)c1ncc(F)cn1. The van der Waals surface area contributed by atoms with Gasteiger partial charge in [-0.25, -0.2) is 45.5 Å². The second-order valence-electron chi connectivity index (χ2n) is 10.8. The van der Waals surface area contributed by atoms with Crippen molar-refractivity contribution in [3.8, 4) is 21.5 Å². The van der Waals surface area contributed by atoms with Gasteiger partial charge in [-0.3, -0.25) is 9.29 Å². The molecule has 6 heterocycles. The zero-order valence-electron chi connectivity index (χ0n) is 27.5. The number of pyridine rings is 1. The van der Waals surface area contributed by atoms with Crippen molar-refractivity contribution in [2.45, 2.75) is 46.2 Å². The lowest BCUT2D eigenvalue weighted by molar-refractivity contribution is 0.115. The first-order valence-corrected chi connectivity index (χ1v) is 20.1. The Morgan fingerprint density at radius 1 is 0.759 bits per heavy atom. The summed E-state index contributed by atoms with van der Waals surface area (Å²) in [6.07, 6.45) is -2.37. The highest BCUT2D eigenvalue weighted by molar-refractivity contribution is 7.93. The van der Waals surface area contributed by atoms with Gasteiger partial charge in [0.1, 0.15) is 19.8 Å². The third kappa shape index (κ3) is 8.65. The first-order chi connectivity index (χ1) is 25.6. The fraction of sp³-hybridized carbons (Fsp3) is 0.321. The first kappa shape index (κ1) is 38.6. The van der Waals surface area contributed by atoms with E-state index in [-0.39, 0.29) is 56.0 Å². The van der Waals surface area contributed by atoms with Crippen molar-refractivity contribution >= 4 is 54.4 Å². The van der Waals surface area contributed by atoms with Gasteiger partial charge in [-0.2, -0.15) is 17.6 Å². The molecule has 0 aliphatic rings. The van der Waals surface area contributed by atoms with Gasteiger partial charge < -0.3 is 8.83 Å². The highest BCUT2D eigenvalue weighted by Crippen LogP contribution is 2.34. The summed E-state index contributed by atoms with van der Waals surface area (Å²) < 4.78 is 133. The van der Waals surface area contributed by atoms with Gasteiger partial charge in [0.05, 0.1) is 60.8 Å². The fourth-order valence-corrected chi connectivity index (χ4v) is 8.95. The van der Waals surface area contributed by atoms with Crippen molar-refractivity contribution in [2.75, 3.05) is 20.1 Å². The molecule has 54 heavy (non-hydrogen) atoms. The molecular formula is C28H24F5N11O6S4. The minimum atomic E-state index is -4.32. The molecule has 0 radical (unpaired) electrons. The number of sulfonamides is 2. The maximum Gasteiger partial charge on any atom is 0.314 e. The van der Waals surface area contributed by atoms with Crippen LogP contribution in [-0.2, 0) is 39.6 Å². The number of anilines is 2. The standard InChI is InChI=1S/C28H24F5N11O6S4/c1-3-53(45,46)44(28-36-8-15(29)9-37-28)13-20-38-17(21(52-20)25-40-42-27(50-25)23(32)33)6-7-54(47,48)43(16-5-4-14(2)34-10-16)12-19-35-11-18(51-19)24-39-41-26(49-24)22(30)31/h4-5,8-11,22-23H,3,6-7,12-13H2,1-2H3. The van der Waals surface area contributed by atoms with Crippen LogP contribution in [0.4, 0.5) is 33.6 Å². The number of halogens is 5. The Morgan fingerprint density at radius 3 is 2.02 bits per heavy atom. The van der Waals surface area contributed by atoms with Gasteiger partial charge in [-0.05, 0) is 26.0 Å². The average molecular weight is 834 g/mol. The Balaban J connectivity index is 1.32. The van der Waals surface area contributed by atoms with Crippen LogP contribution < -0.4 is 8.61 Å². The number of hydrogen-bond donors (Lipinski definition) is 0. The number of hydrogen-bond acceptors (Lipinski definition) is 17. The Labute approximate surface area is 310 Å².